The third-order valence-corrected chi connectivity index (χ3v) is 7.02. The highest BCUT2D eigenvalue weighted by Crippen LogP contribution is 2.34. The molecule has 0 amide bonds. The zero-order chi connectivity index (χ0) is 22.0. The molecule has 7 nitrogen and oxygen atoms in total. The monoisotopic (exact) mass is 474 g/mol. The number of ether oxygens (including phenoxy) is 2. The third kappa shape index (κ3) is 4.12. The van der Waals surface area contributed by atoms with Crippen molar-refractivity contribution in [2.45, 2.75) is 17.5 Å². The van der Waals surface area contributed by atoms with Gasteiger partial charge in [-0.3, -0.25) is 4.57 Å². The fourth-order valence-electron chi connectivity index (χ4n) is 3.59. The van der Waals surface area contributed by atoms with Crippen molar-refractivity contribution in [2.24, 2.45) is 0 Å². The molecule has 164 valence electrons. The van der Waals surface area contributed by atoms with Crippen molar-refractivity contribution in [1.82, 2.24) is 19.7 Å². The molecule has 0 saturated carbocycles. The summed E-state index contributed by atoms with van der Waals surface area (Å²) >= 11 is 3.19. The Bertz CT molecular complexity index is 1380. The van der Waals surface area contributed by atoms with Crippen LogP contribution in [0.15, 0.2) is 81.9 Å². The molecule has 0 N–H and O–H groups in total. The first-order valence-corrected chi connectivity index (χ1v) is 12.2. The van der Waals surface area contributed by atoms with Crippen molar-refractivity contribution in [3.05, 3.63) is 83.6 Å². The van der Waals surface area contributed by atoms with Gasteiger partial charge < -0.3 is 13.9 Å². The lowest BCUT2D eigenvalue weighted by Gasteiger charge is -2.11. The van der Waals surface area contributed by atoms with Gasteiger partial charge in [0.15, 0.2) is 22.5 Å². The molecule has 9 heteroatoms. The summed E-state index contributed by atoms with van der Waals surface area (Å²) < 4.78 is 18.8. The Kier molecular flexibility index (Phi) is 5.33. The summed E-state index contributed by atoms with van der Waals surface area (Å²) in [5, 5.41) is 11.8. The van der Waals surface area contributed by atoms with Gasteiger partial charge in [0.1, 0.15) is 6.26 Å². The Labute approximate surface area is 198 Å². The average Bonchev–Trinajstić information content (AvgIpc) is 3.65. The van der Waals surface area contributed by atoms with E-state index in [0.29, 0.717) is 18.2 Å². The van der Waals surface area contributed by atoms with Gasteiger partial charge >= 0.3 is 0 Å². The van der Waals surface area contributed by atoms with Crippen LogP contribution in [0.3, 0.4) is 0 Å². The summed E-state index contributed by atoms with van der Waals surface area (Å²) in [6.07, 6.45) is 1.71. The second-order valence-electron chi connectivity index (χ2n) is 7.36. The lowest BCUT2D eigenvalue weighted by molar-refractivity contribution is 0.174. The Morgan fingerprint density at radius 1 is 0.970 bits per heavy atom. The summed E-state index contributed by atoms with van der Waals surface area (Å²) in [5.41, 5.74) is 2.96. The molecule has 0 fully saturated rings. The van der Waals surface area contributed by atoms with E-state index in [-0.39, 0.29) is 6.79 Å². The van der Waals surface area contributed by atoms with Crippen LogP contribution < -0.4 is 9.47 Å². The summed E-state index contributed by atoms with van der Waals surface area (Å²) in [6, 6.07) is 20.1. The third-order valence-electron chi connectivity index (χ3n) is 5.16. The second-order valence-corrected chi connectivity index (χ2v) is 9.25. The zero-order valence-corrected chi connectivity index (χ0v) is 19.0. The molecule has 2 aromatic carbocycles. The number of rotatable bonds is 7. The molecular weight excluding hydrogens is 456 g/mol. The number of fused-ring (bicyclic) bond motifs is 1. The van der Waals surface area contributed by atoms with Gasteiger partial charge in [-0.1, -0.05) is 54.2 Å². The van der Waals surface area contributed by atoms with Gasteiger partial charge in [0.2, 0.25) is 12.7 Å². The molecule has 0 spiro atoms. The highest BCUT2D eigenvalue weighted by atomic mass is 32.2. The Hall–Kier alpha value is -3.56. The van der Waals surface area contributed by atoms with Crippen molar-refractivity contribution in [1.29, 1.82) is 0 Å². The number of nitrogens with zero attached hydrogens (tertiary/aromatic N) is 4. The SMILES string of the molecule is c1ccc(-c2nnc(SCc3coc(-c4cccs4)n3)n2Cc2ccc3c(c2)OCO3)cc1. The molecule has 1 aliphatic heterocycles. The molecule has 6 rings (SSSR count). The Morgan fingerprint density at radius 2 is 1.88 bits per heavy atom. The molecule has 5 aromatic rings. The topological polar surface area (TPSA) is 75.2 Å². The maximum atomic E-state index is 5.66. The standard InChI is InChI=1S/C24H18N4O3S2/c1-2-5-17(6-3-1)22-26-27-24(28(22)12-16-8-9-19-20(11-16)31-15-30-19)33-14-18-13-29-23(25-18)21-7-4-10-32-21/h1-11,13H,12,14-15H2. The molecule has 0 bridgehead atoms. The number of aromatic nitrogens is 4. The van der Waals surface area contributed by atoms with Crippen LogP contribution in [0.5, 0.6) is 11.5 Å². The van der Waals surface area contributed by atoms with Gasteiger partial charge in [-0.25, -0.2) is 4.98 Å². The number of hydrogen-bond donors (Lipinski definition) is 0. The highest BCUT2D eigenvalue weighted by molar-refractivity contribution is 7.98. The molecule has 33 heavy (non-hydrogen) atoms. The average molecular weight is 475 g/mol. The van der Waals surface area contributed by atoms with Crippen LogP contribution in [-0.2, 0) is 12.3 Å². The van der Waals surface area contributed by atoms with Crippen molar-refractivity contribution >= 4 is 23.1 Å². The predicted molar refractivity (Wildman–Crippen MR) is 127 cm³/mol. The van der Waals surface area contributed by atoms with E-state index in [0.717, 1.165) is 44.2 Å². The molecule has 0 aliphatic carbocycles. The van der Waals surface area contributed by atoms with E-state index in [4.69, 9.17) is 13.9 Å². The van der Waals surface area contributed by atoms with E-state index in [2.05, 4.69) is 19.7 Å². The fourth-order valence-corrected chi connectivity index (χ4v) is 5.06. The number of thioether (sulfide) groups is 1. The van der Waals surface area contributed by atoms with Crippen LogP contribution in [0.1, 0.15) is 11.3 Å². The van der Waals surface area contributed by atoms with Crippen molar-refractivity contribution in [3.63, 3.8) is 0 Å². The van der Waals surface area contributed by atoms with Crippen LogP contribution >= 0.6 is 23.1 Å². The number of hydrogen-bond acceptors (Lipinski definition) is 8. The van der Waals surface area contributed by atoms with Gasteiger partial charge in [0.25, 0.3) is 0 Å². The first-order chi connectivity index (χ1) is 16.3. The zero-order valence-electron chi connectivity index (χ0n) is 17.4. The smallest absolute Gasteiger partial charge is 0.236 e. The molecule has 0 atom stereocenters. The molecular formula is C24H18N4O3S2. The summed E-state index contributed by atoms with van der Waals surface area (Å²) in [5.74, 6) is 3.62. The molecule has 0 unspecified atom stereocenters. The van der Waals surface area contributed by atoms with Crippen molar-refractivity contribution < 1.29 is 13.9 Å². The van der Waals surface area contributed by atoms with Gasteiger partial charge in [0, 0.05) is 11.3 Å². The van der Waals surface area contributed by atoms with Gasteiger partial charge in [-0.15, -0.1) is 21.5 Å². The van der Waals surface area contributed by atoms with Crippen LogP contribution in [0.25, 0.3) is 22.2 Å². The van der Waals surface area contributed by atoms with Gasteiger partial charge in [-0.2, -0.15) is 0 Å². The van der Waals surface area contributed by atoms with Crippen LogP contribution in [0.2, 0.25) is 0 Å². The van der Waals surface area contributed by atoms with E-state index in [1.165, 1.54) is 0 Å². The quantitative estimate of drug-likeness (QED) is 0.279. The Balaban J connectivity index is 1.28. The van der Waals surface area contributed by atoms with E-state index in [1.54, 1.807) is 29.4 Å². The molecule has 1 aliphatic rings. The van der Waals surface area contributed by atoms with Gasteiger partial charge in [0.05, 0.1) is 17.1 Å². The van der Waals surface area contributed by atoms with E-state index in [9.17, 15) is 0 Å². The first-order valence-electron chi connectivity index (χ1n) is 10.3. The molecule has 4 heterocycles. The van der Waals surface area contributed by atoms with Crippen LogP contribution in [0.4, 0.5) is 0 Å². The van der Waals surface area contributed by atoms with E-state index in [1.807, 2.05) is 66.0 Å². The minimum Gasteiger partial charge on any atom is -0.454 e. The highest BCUT2D eigenvalue weighted by Gasteiger charge is 2.18. The largest absolute Gasteiger partial charge is 0.454 e. The minimum absolute atomic E-state index is 0.257. The number of oxazole rings is 1. The second kappa shape index (κ2) is 8.76. The van der Waals surface area contributed by atoms with E-state index < -0.39 is 0 Å². The Morgan fingerprint density at radius 3 is 2.76 bits per heavy atom. The summed E-state index contributed by atoms with van der Waals surface area (Å²) in [6.45, 7) is 0.863. The van der Waals surface area contributed by atoms with Crippen molar-refractivity contribution in [2.75, 3.05) is 6.79 Å². The fraction of sp³-hybridized carbons (Fsp3) is 0.125. The van der Waals surface area contributed by atoms with Crippen LogP contribution in [0, 0.1) is 0 Å². The lowest BCUT2D eigenvalue weighted by atomic mass is 10.2. The molecule has 0 radical (unpaired) electrons. The number of benzene rings is 2. The lowest BCUT2D eigenvalue weighted by Crippen LogP contribution is -2.04. The van der Waals surface area contributed by atoms with Gasteiger partial charge in [-0.05, 0) is 29.1 Å². The van der Waals surface area contributed by atoms with Crippen LogP contribution in [-0.4, -0.2) is 26.5 Å². The summed E-state index contributed by atoms with van der Waals surface area (Å²) in [7, 11) is 0. The maximum absolute atomic E-state index is 5.66. The molecule has 3 aromatic heterocycles. The summed E-state index contributed by atoms with van der Waals surface area (Å²) in [4.78, 5) is 5.64. The normalized spacial score (nSPS) is 12.4. The van der Waals surface area contributed by atoms with Crippen molar-refractivity contribution in [3.8, 4) is 33.7 Å². The minimum atomic E-state index is 0.257. The first kappa shape index (κ1) is 20.1. The predicted octanol–water partition coefficient (Wildman–Crippen LogP) is 5.73. The maximum Gasteiger partial charge on any atom is 0.236 e. The van der Waals surface area contributed by atoms with E-state index >= 15 is 0 Å². The number of thiophene rings is 1. The molecule has 0 saturated heterocycles.